The molecular formula is C22H40ClNO. The number of benzene rings is 1. The molecule has 0 aliphatic heterocycles. The molecule has 0 saturated heterocycles. The molecule has 0 aliphatic rings. The van der Waals surface area contributed by atoms with E-state index in [2.05, 4.69) is 12.4 Å². The summed E-state index contributed by atoms with van der Waals surface area (Å²) in [6.45, 7) is 3.08. The van der Waals surface area contributed by atoms with Gasteiger partial charge in [0.2, 0.25) is 0 Å². The topological polar surface area (TPSA) is 21.3 Å². The van der Waals surface area contributed by atoms with Crippen LogP contribution in [-0.2, 0) is 4.84 Å². The molecule has 1 aromatic rings. The van der Waals surface area contributed by atoms with Crippen molar-refractivity contribution in [2.24, 2.45) is 0 Å². The zero-order valence-electron chi connectivity index (χ0n) is 16.3. The van der Waals surface area contributed by atoms with E-state index in [4.69, 9.17) is 4.84 Å². The van der Waals surface area contributed by atoms with Crippen molar-refractivity contribution in [3.05, 3.63) is 30.3 Å². The second-order valence-corrected chi connectivity index (χ2v) is 6.91. The molecular weight excluding hydrogens is 330 g/mol. The highest BCUT2D eigenvalue weighted by Crippen LogP contribution is 2.13. The summed E-state index contributed by atoms with van der Waals surface area (Å²) < 4.78 is 0. The van der Waals surface area contributed by atoms with Crippen LogP contribution in [0, 0.1) is 0 Å². The second-order valence-electron chi connectivity index (χ2n) is 6.91. The Kier molecular flexibility index (Phi) is 19.0. The van der Waals surface area contributed by atoms with Gasteiger partial charge in [0.05, 0.1) is 12.3 Å². The summed E-state index contributed by atoms with van der Waals surface area (Å²) >= 11 is 0. The van der Waals surface area contributed by atoms with Crippen molar-refractivity contribution in [1.29, 1.82) is 0 Å². The summed E-state index contributed by atoms with van der Waals surface area (Å²) in [6, 6.07) is 10.1. The van der Waals surface area contributed by atoms with Crippen LogP contribution in [0.3, 0.4) is 0 Å². The van der Waals surface area contributed by atoms with Crippen LogP contribution in [0.25, 0.3) is 0 Å². The van der Waals surface area contributed by atoms with Crippen LogP contribution in [0.2, 0.25) is 0 Å². The zero-order chi connectivity index (χ0) is 17.1. The van der Waals surface area contributed by atoms with Crippen LogP contribution in [-0.4, -0.2) is 6.61 Å². The third-order valence-corrected chi connectivity index (χ3v) is 4.56. The van der Waals surface area contributed by atoms with E-state index in [-0.39, 0.29) is 12.4 Å². The second kappa shape index (κ2) is 19.6. The quantitative estimate of drug-likeness (QED) is 0.222. The maximum atomic E-state index is 5.48. The van der Waals surface area contributed by atoms with E-state index in [0.717, 1.165) is 18.7 Å². The average Bonchev–Trinajstić information content (AvgIpc) is 2.62. The minimum atomic E-state index is 0. The molecule has 0 fully saturated rings. The van der Waals surface area contributed by atoms with Gasteiger partial charge in [0.1, 0.15) is 0 Å². The fraction of sp³-hybridized carbons (Fsp3) is 0.727. The molecule has 0 spiro atoms. The number of para-hydroxylation sites is 1. The molecule has 0 bridgehead atoms. The van der Waals surface area contributed by atoms with Crippen molar-refractivity contribution in [2.75, 3.05) is 12.1 Å². The van der Waals surface area contributed by atoms with E-state index in [1.165, 1.54) is 83.5 Å². The number of unbranched alkanes of at least 4 members (excludes halogenated alkanes) is 13. The Morgan fingerprint density at radius 1 is 0.640 bits per heavy atom. The van der Waals surface area contributed by atoms with Crippen LogP contribution in [0.1, 0.15) is 96.8 Å². The van der Waals surface area contributed by atoms with Crippen molar-refractivity contribution >= 4 is 18.1 Å². The molecule has 0 saturated carbocycles. The van der Waals surface area contributed by atoms with Crippen molar-refractivity contribution in [3.8, 4) is 0 Å². The van der Waals surface area contributed by atoms with Crippen LogP contribution < -0.4 is 5.48 Å². The third kappa shape index (κ3) is 16.5. The van der Waals surface area contributed by atoms with Gasteiger partial charge in [0, 0.05) is 0 Å². The largest absolute Gasteiger partial charge is 0.276 e. The standard InChI is InChI=1S/C22H39NO.ClH/c1-2-3-4-5-6-7-8-9-10-11-12-13-14-18-21-24-23-22-19-16-15-17-20-22;/h15-17,19-20,23H,2-14,18,21H2,1H3;1H. The first-order valence-electron chi connectivity index (χ1n) is 10.4. The molecule has 1 rings (SSSR count). The molecule has 146 valence electrons. The van der Waals surface area contributed by atoms with Crippen LogP contribution >= 0.6 is 12.4 Å². The van der Waals surface area contributed by atoms with Gasteiger partial charge in [-0.05, 0) is 18.6 Å². The monoisotopic (exact) mass is 369 g/mol. The Hall–Kier alpha value is -0.730. The predicted molar refractivity (Wildman–Crippen MR) is 114 cm³/mol. The first-order valence-corrected chi connectivity index (χ1v) is 10.4. The molecule has 0 aliphatic carbocycles. The molecule has 0 amide bonds. The van der Waals surface area contributed by atoms with E-state index in [9.17, 15) is 0 Å². The van der Waals surface area contributed by atoms with Gasteiger partial charge in [-0.1, -0.05) is 109 Å². The first-order chi connectivity index (χ1) is 11.9. The molecule has 0 heterocycles. The van der Waals surface area contributed by atoms with Crippen LogP contribution in [0.5, 0.6) is 0 Å². The van der Waals surface area contributed by atoms with E-state index < -0.39 is 0 Å². The number of nitrogens with one attached hydrogen (secondary N) is 1. The van der Waals surface area contributed by atoms with E-state index in [1.54, 1.807) is 0 Å². The number of hydrogen-bond acceptors (Lipinski definition) is 2. The average molecular weight is 370 g/mol. The lowest BCUT2D eigenvalue weighted by molar-refractivity contribution is 0.187. The van der Waals surface area contributed by atoms with Gasteiger partial charge in [-0.25, -0.2) is 0 Å². The molecule has 25 heavy (non-hydrogen) atoms. The summed E-state index contributed by atoms with van der Waals surface area (Å²) in [4.78, 5) is 5.48. The molecule has 0 radical (unpaired) electrons. The Morgan fingerprint density at radius 3 is 1.56 bits per heavy atom. The van der Waals surface area contributed by atoms with Crippen molar-refractivity contribution in [3.63, 3.8) is 0 Å². The Labute approximate surface area is 162 Å². The van der Waals surface area contributed by atoms with Gasteiger partial charge >= 0.3 is 0 Å². The van der Waals surface area contributed by atoms with Crippen molar-refractivity contribution < 1.29 is 4.84 Å². The molecule has 2 nitrogen and oxygen atoms in total. The summed E-state index contributed by atoms with van der Waals surface area (Å²) in [5.41, 5.74) is 4.02. The molecule has 0 atom stereocenters. The van der Waals surface area contributed by atoms with Gasteiger partial charge in [-0.2, -0.15) is 0 Å². The maximum absolute atomic E-state index is 5.48. The fourth-order valence-corrected chi connectivity index (χ4v) is 3.01. The van der Waals surface area contributed by atoms with Gasteiger partial charge in [-0.3, -0.25) is 10.3 Å². The summed E-state index contributed by atoms with van der Waals surface area (Å²) in [5.74, 6) is 0. The third-order valence-electron chi connectivity index (χ3n) is 4.56. The normalized spacial score (nSPS) is 10.4. The van der Waals surface area contributed by atoms with E-state index >= 15 is 0 Å². The lowest BCUT2D eigenvalue weighted by Crippen LogP contribution is -2.02. The smallest absolute Gasteiger partial charge is 0.0746 e. The molecule has 1 N–H and O–H groups in total. The highest BCUT2D eigenvalue weighted by atomic mass is 35.5. The SMILES string of the molecule is CCCCCCCCCCCCCCCCONc1ccccc1.Cl. The van der Waals surface area contributed by atoms with Crippen molar-refractivity contribution in [2.45, 2.75) is 96.8 Å². The van der Waals surface area contributed by atoms with Crippen LogP contribution in [0.15, 0.2) is 30.3 Å². The van der Waals surface area contributed by atoms with Crippen molar-refractivity contribution in [1.82, 2.24) is 0 Å². The molecule has 0 aromatic heterocycles. The fourth-order valence-electron chi connectivity index (χ4n) is 3.01. The number of hydrogen-bond donors (Lipinski definition) is 1. The Balaban J connectivity index is 0.00000576. The van der Waals surface area contributed by atoms with Gasteiger partial charge in [0.25, 0.3) is 0 Å². The maximum Gasteiger partial charge on any atom is 0.0746 e. The number of halogens is 1. The minimum absolute atomic E-state index is 0. The first kappa shape index (κ1) is 24.3. The van der Waals surface area contributed by atoms with Gasteiger partial charge in [0.15, 0.2) is 0 Å². The highest BCUT2D eigenvalue weighted by Gasteiger charge is 1.95. The minimum Gasteiger partial charge on any atom is -0.276 e. The molecule has 0 unspecified atom stereocenters. The summed E-state index contributed by atoms with van der Waals surface area (Å²) in [7, 11) is 0. The Bertz CT molecular complexity index is 358. The Morgan fingerprint density at radius 2 is 1.08 bits per heavy atom. The van der Waals surface area contributed by atoms with Gasteiger partial charge < -0.3 is 0 Å². The lowest BCUT2D eigenvalue weighted by atomic mass is 10.0. The highest BCUT2D eigenvalue weighted by molar-refractivity contribution is 5.85. The predicted octanol–water partition coefficient (Wildman–Crippen LogP) is 7.93. The van der Waals surface area contributed by atoms with E-state index in [0.29, 0.717) is 0 Å². The van der Waals surface area contributed by atoms with E-state index in [1.807, 2.05) is 30.3 Å². The molecule has 1 aromatic carbocycles. The van der Waals surface area contributed by atoms with Crippen LogP contribution in [0.4, 0.5) is 5.69 Å². The zero-order valence-corrected chi connectivity index (χ0v) is 17.1. The molecule has 3 heteroatoms. The number of rotatable bonds is 17. The number of anilines is 1. The summed E-state index contributed by atoms with van der Waals surface area (Å²) in [6.07, 6.45) is 19.5. The lowest BCUT2D eigenvalue weighted by Gasteiger charge is -2.06. The van der Waals surface area contributed by atoms with Gasteiger partial charge in [-0.15, -0.1) is 12.4 Å². The summed E-state index contributed by atoms with van der Waals surface area (Å²) in [5, 5.41) is 0.